The van der Waals surface area contributed by atoms with E-state index in [1.54, 1.807) is 37.8 Å². The number of sulfonamides is 1. The fourth-order valence-corrected chi connectivity index (χ4v) is 6.35. The summed E-state index contributed by atoms with van der Waals surface area (Å²) in [5.74, 6) is -3.10. The zero-order valence-corrected chi connectivity index (χ0v) is 24.7. The van der Waals surface area contributed by atoms with E-state index in [1.165, 1.54) is 17.9 Å². The Balaban J connectivity index is 1.57. The molecule has 216 valence electrons. The van der Waals surface area contributed by atoms with E-state index >= 15 is 4.39 Å². The number of hydrogen-bond donors (Lipinski definition) is 0. The van der Waals surface area contributed by atoms with Crippen LogP contribution in [0.3, 0.4) is 0 Å². The molecule has 0 radical (unpaired) electrons. The third kappa shape index (κ3) is 7.18. The van der Waals surface area contributed by atoms with Gasteiger partial charge in [0.2, 0.25) is 4.80 Å². The lowest BCUT2D eigenvalue weighted by Gasteiger charge is -2.39. The SMILES string of the molecule is Cn1cns/c1=N/S(=O)(=O)c1cc(F)c(OC[C@@H]2CN(C(=O)OC(C)(C)C)CC[C@H]2c2ccc(Cl)cc2)cc1F. The minimum atomic E-state index is -4.56. The first-order valence-electron chi connectivity index (χ1n) is 12.4. The molecule has 2 aromatic carbocycles. The number of rotatable bonds is 6. The van der Waals surface area contributed by atoms with Crippen LogP contribution < -0.4 is 9.54 Å². The van der Waals surface area contributed by atoms with E-state index in [2.05, 4.69) is 8.77 Å². The first-order chi connectivity index (χ1) is 18.7. The molecule has 0 bridgehead atoms. The van der Waals surface area contributed by atoms with Crippen molar-refractivity contribution in [3.63, 3.8) is 0 Å². The third-order valence-corrected chi connectivity index (χ3v) is 8.65. The Morgan fingerprint density at radius 2 is 1.90 bits per heavy atom. The van der Waals surface area contributed by atoms with E-state index in [4.69, 9.17) is 21.1 Å². The van der Waals surface area contributed by atoms with Crippen molar-refractivity contribution in [1.82, 2.24) is 13.8 Å². The fraction of sp³-hybridized carbons (Fsp3) is 0.423. The highest BCUT2D eigenvalue weighted by atomic mass is 35.5. The molecule has 1 aliphatic rings. The smallest absolute Gasteiger partial charge is 0.410 e. The maximum atomic E-state index is 15.0. The van der Waals surface area contributed by atoms with E-state index in [-0.39, 0.29) is 29.8 Å². The van der Waals surface area contributed by atoms with E-state index < -0.39 is 44.0 Å². The number of amides is 1. The van der Waals surface area contributed by atoms with Gasteiger partial charge in [-0.1, -0.05) is 23.7 Å². The summed E-state index contributed by atoms with van der Waals surface area (Å²) in [6.07, 6.45) is 1.45. The van der Waals surface area contributed by atoms with Crippen LogP contribution in [-0.4, -0.2) is 53.6 Å². The van der Waals surface area contributed by atoms with Gasteiger partial charge in [0.1, 0.15) is 22.6 Å². The van der Waals surface area contributed by atoms with Crippen molar-refractivity contribution in [2.45, 2.75) is 43.6 Å². The van der Waals surface area contributed by atoms with Gasteiger partial charge in [0.05, 0.1) is 6.61 Å². The maximum Gasteiger partial charge on any atom is 0.410 e. The summed E-state index contributed by atoms with van der Waals surface area (Å²) in [7, 11) is -3.03. The fourth-order valence-electron chi connectivity index (χ4n) is 4.35. The average Bonchev–Trinajstić information content (AvgIpc) is 3.27. The maximum absolute atomic E-state index is 15.0. The molecule has 0 aliphatic carbocycles. The number of halogens is 3. The van der Waals surface area contributed by atoms with Crippen molar-refractivity contribution in [3.05, 3.63) is 69.7 Å². The Hall–Kier alpha value is -3.03. The Labute approximate surface area is 240 Å². The third-order valence-electron chi connectivity index (χ3n) is 6.26. The number of carbonyl (C=O) groups excluding carboxylic acids is 1. The van der Waals surface area contributed by atoms with Gasteiger partial charge in [-0.3, -0.25) is 0 Å². The molecular weight excluding hydrogens is 586 g/mol. The predicted molar refractivity (Wildman–Crippen MR) is 146 cm³/mol. The van der Waals surface area contributed by atoms with Gasteiger partial charge in [0.25, 0.3) is 10.0 Å². The number of nitrogens with zero attached hydrogens (tertiary/aromatic N) is 4. The normalized spacial score (nSPS) is 18.6. The van der Waals surface area contributed by atoms with E-state index in [1.807, 2.05) is 12.1 Å². The number of carbonyl (C=O) groups is 1. The van der Waals surface area contributed by atoms with Gasteiger partial charge in [-0.15, -0.1) is 4.40 Å². The minimum Gasteiger partial charge on any atom is -0.490 e. The molecule has 40 heavy (non-hydrogen) atoms. The lowest BCUT2D eigenvalue weighted by molar-refractivity contribution is 0.0110. The van der Waals surface area contributed by atoms with Gasteiger partial charge in [0, 0.05) is 54.7 Å². The number of hydrogen-bond acceptors (Lipinski definition) is 7. The number of ether oxygens (including phenoxy) is 2. The Morgan fingerprint density at radius 3 is 2.52 bits per heavy atom. The second-order valence-corrected chi connectivity index (χ2v) is 13.2. The van der Waals surface area contributed by atoms with Gasteiger partial charge >= 0.3 is 6.09 Å². The average molecular weight is 615 g/mol. The van der Waals surface area contributed by atoms with Gasteiger partial charge < -0.3 is 18.9 Å². The monoisotopic (exact) mass is 614 g/mol. The summed E-state index contributed by atoms with van der Waals surface area (Å²) in [6, 6.07) is 8.54. The highest BCUT2D eigenvalue weighted by molar-refractivity contribution is 7.90. The van der Waals surface area contributed by atoms with Gasteiger partial charge in [-0.05, 0) is 50.8 Å². The second kappa shape index (κ2) is 11.8. The van der Waals surface area contributed by atoms with Crippen LogP contribution in [0.25, 0.3) is 0 Å². The van der Waals surface area contributed by atoms with Crippen molar-refractivity contribution in [2.75, 3.05) is 19.7 Å². The van der Waals surface area contributed by atoms with E-state index in [0.29, 0.717) is 30.1 Å². The van der Waals surface area contributed by atoms with Gasteiger partial charge in [-0.25, -0.2) is 13.6 Å². The topological polar surface area (TPSA) is 103 Å². The second-order valence-electron chi connectivity index (χ2n) is 10.4. The predicted octanol–water partition coefficient (Wildman–Crippen LogP) is 5.12. The van der Waals surface area contributed by atoms with E-state index in [9.17, 15) is 17.6 Å². The minimum absolute atomic E-state index is 0.000200. The van der Waals surface area contributed by atoms with Gasteiger partial charge in [-0.2, -0.15) is 12.8 Å². The molecule has 1 amide bonds. The first kappa shape index (κ1) is 29.9. The van der Waals surface area contributed by atoms with Crippen LogP contribution in [0, 0.1) is 17.6 Å². The van der Waals surface area contributed by atoms with Gasteiger partial charge in [0.15, 0.2) is 11.6 Å². The van der Waals surface area contributed by atoms with Crippen LogP contribution >= 0.6 is 23.1 Å². The van der Waals surface area contributed by atoms with Crippen LogP contribution in [-0.2, 0) is 21.8 Å². The number of aromatic nitrogens is 2. The summed E-state index contributed by atoms with van der Waals surface area (Å²) in [4.78, 5) is 13.4. The molecule has 9 nitrogen and oxygen atoms in total. The van der Waals surface area contributed by atoms with Crippen LogP contribution in [0.15, 0.2) is 52.0 Å². The summed E-state index contributed by atoms with van der Waals surface area (Å²) in [5, 5.41) is 0.575. The molecule has 1 fully saturated rings. The molecule has 1 saturated heterocycles. The molecule has 0 spiro atoms. The van der Waals surface area contributed by atoms with Crippen molar-refractivity contribution in [2.24, 2.45) is 17.4 Å². The molecule has 1 aliphatic heterocycles. The van der Waals surface area contributed by atoms with Crippen LogP contribution in [0.4, 0.5) is 13.6 Å². The highest BCUT2D eigenvalue weighted by Crippen LogP contribution is 2.35. The summed E-state index contributed by atoms with van der Waals surface area (Å²) < 4.78 is 75.2. The van der Waals surface area contributed by atoms with Crippen LogP contribution in [0.1, 0.15) is 38.7 Å². The Morgan fingerprint density at radius 1 is 1.20 bits per heavy atom. The number of piperidine rings is 1. The molecule has 0 unspecified atom stereocenters. The first-order valence-corrected chi connectivity index (χ1v) is 15.0. The van der Waals surface area contributed by atoms with Crippen LogP contribution in [0.5, 0.6) is 5.75 Å². The molecule has 0 saturated carbocycles. The largest absolute Gasteiger partial charge is 0.490 e. The molecular formula is C26H29ClF2N4O5S2. The molecule has 4 rings (SSSR count). The lowest BCUT2D eigenvalue weighted by atomic mass is 9.81. The van der Waals surface area contributed by atoms with Crippen LogP contribution in [0.2, 0.25) is 5.02 Å². The zero-order valence-electron chi connectivity index (χ0n) is 22.3. The van der Waals surface area contributed by atoms with E-state index in [0.717, 1.165) is 17.1 Å². The molecule has 2 heterocycles. The van der Waals surface area contributed by atoms with Crippen molar-refractivity contribution < 1.29 is 31.5 Å². The van der Waals surface area contributed by atoms with Crippen molar-refractivity contribution >= 4 is 39.2 Å². The number of aryl methyl sites for hydroxylation is 1. The molecule has 14 heteroatoms. The zero-order chi connectivity index (χ0) is 29.2. The lowest BCUT2D eigenvalue weighted by Crippen LogP contribution is -2.46. The molecule has 0 N–H and O–H groups in total. The molecule has 3 aromatic rings. The number of benzene rings is 2. The highest BCUT2D eigenvalue weighted by Gasteiger charge is 2.35. The summed E-state index contributed by atoms with van der Waals surface area (Å²) >= 11 is 6.85. The molecule has 2 atom stereocenters. The molecule has 1 aromatic heterocycles. The quantitative estimate of drug-likeness (QED) is 0.382. The van der Waals surface area contributed by atoms with Crippen molar-refractivity contribution in [1.29, 1.82) is 0 Å². The number of likely N-dealkylation sites (tertiary alicyclic amines) is 1. The summed E-state index contributed by atoms with van der Waals surface area (Å²) in [6.45, 7) is 5.95. The standard InChI is InChI=1S/C26H29ClF2N4O5S2/c1-26(2,3)38-25(34)33-10-9-19(16-5-7-18(27)8-6-16)17(13-33)14-37-22-11-21(29)23(12-20(22)28)40(35,36)31-24-32(4)15-30-39-24/h5-8,11-12,15,17,19H,9-10,13-14H2,1-4H3/b31-24+/t17-,19-/m0/s1. The Kier molecular flexibility index (Phi) is 8.86. The Bertz CT molecular complexity index is 1550. The summed E-state index contributed by atoms with van der Waals surface area (Å²) in [5.41, 5.74) is 0.287. The van der Waals surface area contributed by atoms with Crippen molar-refractivity contribution in [3.8, 4) is 5.75 Å².